The number of carbonyl (C=O) groups is 2. The first-order valence-electron chi connectivity index (χ1n) is 9.21. The summed E-state index contributed by atoms with van der Waals surface area (Å²) in [6.45, 7) is 6.59. The first-order chi connectivity index (χ1) is 12.2. The fourth-order valence-corrected chi connectivity index (χ4v) is 3.55. The summed E-state index contributed by atoms with van der Waals surface area (Å²) in [4.78, 5) is 29.1. The zero-order chi connectivity index (χ0) is 17.6. The SMILES string of the molecule is CCOc1ccccc1C(=O)N1CCN(C(=O)C2CCCNC2)CC1. The van der Waals surface area contributed by atoms with E-state index in [2.05, 4.69) is 5.32 Å². The lowest BCUT2D eigenvalue weighted by Crippen LogP contribution is -2.53. The Morgan fingerprint density at radius 3 is 2.56 bits per heavy atom. The maximum atomic E-state index is 12.8. The number of rotatable bonds is 4. The maximum absolute atomic E-state index is 12.8. The summed E-state index contributed by atoms with van der Waals surface area (Å²) in [6, 6.07) is 7.35. The van der Waals surface area contributed by atoms with Crippen LogP contribution in [0.2, 0.25) is 0 Å². The second kappa shape index (κ2) is 8.34. The third-order valence-electron chi connectivity index (χ3n) is 4.94. The van der Waals surface area contributed by atoms with E-state index in [0.717, 1.165) is 25.9 Å². The molecule has 1 aromatic carbocycles. The highest BCUT2D eigenvalue weighted by Crippen LogP contribution is 2.21. The minimum atomic E-state index is -0.0181. The molecule has 6 heteroatoms. The Morgan fingerprint density at radius 2 is 1.88 bits per heavy atom. The number of piperazine rings is 1. The van der Waals surface area contributed by atoms with Gasteiger partial charge in [-0.1, -0.05) is 12.1 Å². The van der Waals surface area contributed by atoms with Gasteiger partial charge in [0.2, 0.25) is 5.91 Å². The molecule has 0 spiro atoms. The standard InChI is InChI=1S/C19H27N3O3/c1-2-25-17-8-4-3-7-16(17)19(24)22-12-10-21(11-13-22)18(23)15-6-5-9-20-14-15/h3-4,7-8,15,20H,2,5-6,9-14H2,1H3. The minimum Gasteiger partial charge on any atom is -0.493 e. The molecule has 3 rings (SSSR count). The van der Waals surface area contributed by atoms with Gasteiger partial charge < -0.3 is 19.9 Å². The van der Waals surface area contributed by atoms with E-state index in [1.807, 2.05) is 34.9 Å². The van der Waals surface area contributed by atoms with Crippen LogP contribution >= 0.6 is 0 Å². The van der Waals surface area contributed by atoms with Crippen molar-refractivity contribution in [3.8, 4) is 5.75 Å². The first kappa shape index (κ1) is 17.7. The van der Waals surface area contributed by atoms with E-state index in [1.54, 1.807) is 6.07 Å². The van der Waals surface area contributed by atoms with Gasteiger partial charge in [-0.3, -0.25) is 9.59 Å². The Morgan fingerprint density at radius 1 is 1.16 bits per heavy atom. The number of hydrogen-bond donors (Lipinski definition) is 1. The van der Waals surface area contributed by atoms with Crippen molar-refractivity contribution in [1.29, 1.82) is 0 Å². The topological polar surface area (TPSA) is 61.9 Å². The predicted molar refractivity (Wildman–Crippen MR) is 95.7 cm³/mol. The number of nitrogens with one attached hydrogen (secondary N) is 1. The Labute approximate surface area is 149 Å². The molecule has 25 heavy (non-hydrogen) atoms. The summed E-state index contributed by atoms with van der Waals surface area (Å²) in [5.41, 5.74) is 0.598. The van der Waals surface area contributed by atoms with Gasteiger partial charge in [0.1, 0.15) is 5.75 Å². The summed E-state index contributed by atoms with van der Waals surface area (Å²) in [5, 5.41) is 3.30. The molecule has 2 aliphatic heterocycles. The molecular weight excluding hydrogens is 318 g/mol. The quantitative estimate of drug-likeness (QED) is 0.895. The lowest BCUT2D eigenvalue weighted by molar-refractivity contribution is -0.137. The number of piperidine rings is 1. The summed E-state index contributed by atoms with van der Waals surface area (Å²) < 4.78 is 5.57. The van der Waals surface area contributed by atoms with Gasteiger partial charge >= 0.3 is 0 Å². The Hall–Kier alpha value is -2.08. The molecule has 1 N–H and O–H groups in total. The van der Waals surface area contributed by atoms with Crippen LogP contribution in [0, 0.1) is 5.92 Å². The highest BCUT2D eigenvalue weighted by atomic mass is 16.5. The van der Waals surface area contributed by atoms with Crippen LogP contribution < -0.4 is 10.1 Å². The van der Waals surface area contributed by atoms with Crippen LogP contribution in [-0.2, 0) is 4.79 Å². The van der Waals surface area contributed by atoms with Gasteiger partial charge in [0, 0.05) is 32.7 Å². The summed E-state index contributed by atoms with van der Waals surface area (Å²) in [6.07, 6.45) is 2.02. The maximum Gasteiger partial charge on any atom is 0.257 e. The van der Waals surface area contributed by atoms with Gasteiger partial charge in [-0.05, 0) is 38.4 Å². The number of amides is 2. The number of benzene rings is 1. The van der Waals surface area contributed by atoms with E-state index in [0.29, 0.717) is 44.1 Å². The number of nitrogens with zero attached hydrogens (tertiary/aromatic N) is 2. The zero-order valence-corrected chi connectivity index (χ0v) is 14.9. The molecule has 0 bridgehead atoms. The largest absolute Gasteiger partial charge is 0.493 e. The molecular formula is C19H27N3O3. The lowest BCUT2D eigenvalue weighted by Gasteiger charge is -2.37. The average Bonchev–Trinajstić information content (AvgIpc) is 2.68. The second-order valence-electron chi connectivity index (χ2n) is 6.59. The molecule has 0 aromatic heterocycles. The van der Waals surface area contributed by atoms with Crippen molar-refractivity contribution < 1.29 is 14.3 Å². The molecule has 0 saturated carbocycles. The normalized spacial score (nSPS) is 21.1. The molecule has 2 amide bonds. The van der Waals surface area contributed by atoms with Gasteiger partial charge in [0.15, 0.2) is 0 Å². The van der Waals surface area contributed by atoms with Crippen LogP contribution in [-0.4, -0.2) is 67.5 Å². The molecule has 2 saturated heterocycles. The summed E-state index contributed by atoms with van der Waals surface area (Å²) in [5.74, 6) is 0.931. The van der Waals surface area contributed by atoms with Crippen molar-refractivity contribution in [2.45, 2.75) is 19.8 Å². The monoisotopic (exact) mass is 345 g/mol. The van der Waals surface area contributed by atoms with Gasteiger partial charge in [0.25, 0.3) is 5.91 Å². The third kappa shape index (κ3) is 4.12. The van der Waals surface area contributed by atoms with Crippen LogP contribution in [0.5, 0.6) is 5.75 Å². The lowest BCUT2D eigenvalue weighted by atomic mass is 9.98. The zero-order valence-electron chi connectivity index (χ0n) is 14.9. The molecule has 1 aromatic rings. The fourth-order valence-electron chi connectivity index (χ4n) is 3.55. The highest BCUT2D eigenvalue weighted by molar-refractivity contribution is 5.97. The molecule has 1 unspecified atom stereocenters. The second-order valence-corrected chi connectivity index (χ2v) is 6.59. The molecule has 6 nitrogen and oxygen atoms in total. The van der Waals surface area contributed by atoms with Crippen LogP contribution in [0.25, 0.3) is 0 Å². The first-order valence-corrected chi connectivity index (χ1v) is 9.21. The van der Waals surface area contributed by atoms with Crippen molar-refractivity contribution in [3.63, 3.8) is 0 Å². The molecule has 0 radical (unpaired) electrons. The highest BCUT2D eigenvalue weighted by Gasteiger charge is 2.30. The number of ether oxygens (including phenoxy) is 1. The van der Waals surface area contributed by atoms with Gasteiger partial charge in [-0.15, -0.1) is 0 Å². The summed E-state index contributed by atoms with van der Waals surface area (Å²) in [7, 11) is 0. The number of para-hydroxylation sites is 1. The van der Waals surface area contributed by atoms with Gasteiger partial charge in [-0.2, -0.15) is 0 Å². The molecule has 136 valence electrons. The minimum absolute atomic E-state index is 0.0181. The molecule has 2 fully saturated rings. The Balaban J connectivity index is 1.58. The van der Waals surface area contributed by atoms with E-state index in [1.165, 1.54) is 0 Å². The third-order valence-corrected chi connectivity index (χ3v) is 4.94. The predicted octanol–water partition coefficient (Wildman–Crippen LogP) is 1.37. The van der Waals surface area contributed by atoms with Crippen molar-refractivity contribution in [1.82, 2.24) is 15.1 Å². The van der Waals surface area contributed by atoms with Gasteiger partial charge in [-0.25, -0.2) is 0 Å². The molecule has 2 aliphatic rings. The van der Waals surface area contributed by atoms with Crippen molar-refractivity contribution >= 4 is 11.8 Å². The molecule has 2 heterocycles. The van der Waals surface area contributed by atoms with Crippen LogP contribution in [0.1, 0.15) is 30.1 Å². The average molecular weight is 345 g/mol. The Bertz CT molecular complexity index is 606. The molecule has 0 aliphatic carbocycles. The van der Waals surface area contributed by atoms with E-state index in [4.69, 9.17) is 4.74 Å². The van der Waals surface area contributed by atoms with Crippen LogP contribution in [0.4, 0.5) is 0 Å². The van der Waals surface area contributed by atoms with Crippen LogP contribution in [0.3, 0.4) is 0 Å². The molecule has 1 atom stereocenters. The number of hydrogen-bond acceptors (Lipinski definition) is 4. The van der Waals surface area contributed by atoms with E-state index in [9.17, 15) is 9.59 Å². The van der Waals surface area contributed by atoms with Crippen molar-refractivity contribution in [3.05, 3.63) is 29.8 Å². The van der Waals surface area contributed by atoms with E-state index < -0.39 is 0 Å². The van der Waals surface area contributed by atoms with Gasteiger partial charge in [0.05, 0.1) is 18.1 Å². The summed E-state index contributed by atoms with van der Waals surface area (Å²) >= 11 is 0. The van der Waals surface area contributed by atoms with Crippen LogP contribution in [0.15, 0.2) is 24.3 Å². The fraction of sp³-hybridized carbons (Fsp3) is 0.579. The smallest absolute Gasteiger partial charge is 0.257 e. The van der Waals surface area contributed by atoms with E-state index >= 15 is 0 Å². The Kier molecular flexibility index (Phi) is 5.91. The van der Waals surface area contributed by atoms with E-state index in [-0.39, 0.29) is 17.7 Å². The van der Waals surface area contributed by atoms with Crippen molar-refractivity contribution in [2.75, 3.05) is 45.9 Å². The number of carbonyl (C=O) groups excluding carboxylic acids is 2. The van der Waals surface area contributed by atoms with Crippen molar-refractivity contribution in [2.24, 2.45) is 5.92 Å².